The summed E-state index contributed by atoms with van der Waals surface area (Å²) in [5.74, 6) is 0.481. The van der Waals surface area contributed by atoms with Crippen molar-refractivity contribution in [1.82, 2.24) is 10.3 Å². The van der Waals surface area contributed by atoms with Crippen LogP contribution in [-0.4, -0.2) is 23.1 Å². The van der Waals surface area contributed by atoms with E-state index in [2.05, 4.69) is 27.8 Å². The normalized spacial score (nSPS) is 10.7. The highest BCUT2D eigenvalue weighted by Gasteiger charge is 2.15. The Hall–Kier alpha value is -4.20. The number of methoxy groups -OCH3 is 1. The zero-order valence-electron chi connectivity index (χ0n) is 19.1. The second-order valence-electron chi connectivity index (χ2n) is 7.90. The lowest BCUT2D eigenvalue weighted by molar-refractivity contribution is 0.0975. The van der Waals surface area contributed by atoms with Crippen molar-refractivity contribution in [3.05, 3.63) is 102 Å². The molecular weight excluding hydrogens is 494 g/mol. The van der Waals surface area contributed by atoms with E-state index in [9.17, 15) is 4.79 Å². The van der Waals surface area contributed by atoms with Crippen LogP contribution in [0.15, 0.2) is 95.4 Å². The minimum Gasteiger partial charge on any atom is -0.496 e. The number of benzene rings is 4. The summed E-state index contributed by atoms with van der Waals surface area (Å²) in [7, 11) is 1.48. The van der Waals surface area contributed by atoms with Crippen molar-refractivity contribution in [2.75, 3.05) is 12.4 Å². The van der Waals surface area contributed by atoms with Gasteiger partial charge in [0.2, 0.25) is 5.89 Å². The highest BCUT2D eigenvalue weighted by atomic mass is 35.5. The Bertz CT molecular complexity index is 1570. The van der Waals surface area contributed by atoms with Gasteiger partial charge in [0.05, 0.1) is 12.7 Å². The third-order valence-electron chi connectivity index (χ3n) is 5.52. The largest absolute Gasteiger partial charge is 0.496 e. The van der Waals surface area contributed by atoms with Gasteiger partial charge < -0.3 is 14.5 Å². The molecule has 6 nitrogen and oxygen atoms in total. The standard InChI is InChI=1S/C28H20ClN3O3S/c1-34-24-13-11-20(29)15-22(24)26(33)32-28(36)30-21-12-14-25-23(16-21)31-27(35-25)19-9-7-18(8-10-19)17-5-3-2-4-6-17/h2-16H,1H3,(H2,30,32,33,36). The molecule has 1 heterocycles. The zero-order valence-corrected chi connectivity index (χ0v) is 20.7. The smallest absolute Gasteiger partial charge is 0.261 e. The molecule has 4 aromatic carbocycles. The second-order valence-corrected chi connectivity index (χ2v) is 8.74. The van der Waals surface area contributed by atoms with E-state index in [0.29, 0.717) is 33.4 Å². The Morgan fingerprint density at radius 3 is 2.39 bits per heavy atom. The fraction of sp³-hybridized carbons (Fsp3) is 0.0357. The predicted octanol–water partition coefficient (Wildman–Crippen LogP) is 6.95. The first-order chi connectivity index (χ1) is 17.5. The van der Waals surface area contributed by atoms with Gasteiger partial charge in [-0.3, -0.25) is 10.1 Å². The molecule has 0 atom stereocenters. The number of hydrogen-bond donors (Lipinski definition) is 2. The van der Waals surface area contributed by atoms with Gasteiger partial charge in [-0.25, -0.2) is 4.98 Å². The van der Waals surface area contributed by atoms with Gasteiger partial charge in [0.15, 0.2) is 10.7 Å². The van der Waals surface area contributed by atoms with Crippen molar-refractivity contribution in [3.8, 4) is 28.3 Å². The summed E-state index contributed by atoms with van der Waals surface area (Å²) >= 11 is 11.3. The summed E-state index contributed by atoms with van der Waals surface area (Å²) in [6.07, 6.45) is 0. The quantitative estimate of drug-likeness (QED) is 0.248. The molecule has 0 bridgehead atoms. The number of rotatable bonds is 5. The van der Waals surface area contributed by atoms with E-state index < -0.39 is 5.91 Å². The van der Waals surface area contributed by atoms with Crippen LogP contribution in [-0.2, 0) is 0 Å². The summed E-state index contributed by atoms with van der Waals surface area (Å²) in [6.45, 7) is 0. The number of ether oxygens (including phenoxy) is 1. The zero-order chi connectivity index (χ0) is 25.1. The average molecular weight is 514 g/mol. The van der Waals surface area contributed by atoms with Crippen molar-refractivity contribution in [1.29, 1.82) is 0 Å². The highest BCUT2D eigenvalue weighted by Crippen LogP contribution is 2.28. The van der Waals surface area contributed by atoms with E-state index in [1.54, 1.807) is 30.3 Å². The van der Waals surface area contributed by atoms with E-state index >= 15 is 0 Å². The summed E-state index contributed by atoms with van der Waals surface area (Å²) in [6, 6.07) is 28.4. The number of anilines is 1. The van der Waals surface area contributed by atoms with Gasteiger partial charge in [-0.1, -0.05) is 54.1 Å². The second kappa shape index (κ2) is 10.2. The first-order valence-corrected chi connectivity index (χ1v) is 11.8. The number of carbonyl (C=O) groups excluding carboxylic acids is 1. The Morgan fingerprint density at radius 1 is 0.917 bits per heavy atom. The van der Waals surface area contributed by atoms with Crippen molar-refractivity contribution < 1.29 is 13.9 Å². The maximum atomic E-state index is 12.7. The van der Waals surface area contributed by atoms with Crippen molar-refractivity contribution >= 4 is 51.6 Å². The molecule has 0 aliphatic heterocycles. The van der Waals surface area contributed by atoms with Crippen molar-refractivity contribution in [3.63, 3.8) is 0 Å². The number of carbonyl (C=O) groups is 1. The Kier molecular flexibility index (Phi) is 6.66. The lowest BCUT2D eigenvalue weighted by Crippen LogP contribution is -2.34. The number of fused-ring (bicyclic) bond motifs is 1. The molecule has 0 saturated carbocycles. The number of nitrogens with zero attached hydrogens (tertiary/aromatic N) is 1. The Morgan fingerprint density at radius 2 is 1.64 bits per heavy atom. The molecular formula is C28H20ClN3O3S. The fourth-order valence-electron chi connectivity index (χ4n) is 3.75. The van der Waals surface area contributed by atoms with Crippen LogP contribution >= 0.6 is 23.8 Å². The van der Waals surface area contributed by atoms with Gasteiger partial charge in [0, 0.05) is 16.3 Å². The number of nitrogens with one attached hydrogen (secondary N) is 2. The van der Waals surface area contributed by atoms with Crippen LogP contribution in [0, 0.1) is 0 Å². The van der Waals surface area contributed by atoms with Gasteiger partial charge in [-0.15, -0.1) is 0 Å². The fourth-order valence-corrected chi connectivity index (χ4v) is 4.14. The molecule has 0 saturated heterocycles. The van der Waals surface area contributed by atoms with Gasteiger partial charge >= 0.3 is 0 Å². The SMILES string of the molecule is COc1ccc(Cl)cc1C(=O)NC(=S)Nc1ccc2oc(-c3ccc(-c4ccccc4)cc3)nc2c1. The van der Waals surface area contributed by atoms with Crippen LogP contribution in [0.1, 0.15) is 10.4 Å². The summed E-state index contributed by atoms with van der Waals surface area (Å²) in [5, 5.41) is 6.19. The number of thiocarbonyl (C=S) groups is 1. The molecule has 8 heteroatoms. The minimum atomic E-state index is -0.435. The van der Waals surface area contributed by atoms with Crippen LogP contribution in [0.25, 0.3) is 33.7 Å². The van der Waals surface area contributed by atoms with Gasteiger partial charge in [0.25, 0.3) is 5.91 Å². The van der Waals surface area contributed by atoms with Crippen LogP contribution < -0.4 is 15.4 Å². The molecule has 0 aliphatic carbocycles. The molecule has 0 unspecified atom stereocenters. The predicted molar refractivity (Wildman–Crippen MR) is 147 cm³/mol. The maximum Gasteiger partial charge on any atom is 0.261 e. The number of oxazole rings is 1. The number of amides is 1. The molecule has 2 N–H and O–H groups in total. The summed E-state index contributed by atoms with van der Waals surface area (Å²) in [5.41, 5.74) is 5.38. The topological polar surface area (TPSA) is 76.4 Å². The van der Waals surface area contributed by atoms with Gasteiger partial charge in [-0.05, 0) is 71.9 Å². The minimum absolute atomic E-state index is 0.126. The van der Waals surface area contributed by atoms with E-state index in [-0.39, 0.29) is 10.7 Å². The van der Waals surface area contributed by atoms with E-state index in [1.807, 2.05) is 42.5 Å². The third kappa shape index (κ3) is 5.07. The monoisotopic (exact) mass is 513 g/mol. The molecule has 0 radical (unpaired) electrons. The Labute approximate surface area is 217 Å². The third-order valence-corrected chi connectivity index (χ3v) is 5.96. The summed E-state index contributed by atoms with van der Waals surface area (Å²) < 4.78 is 11.2. The van der Waals surface area contributed by atoms with E-state index in [0.717, 1.165) is 16.7 Å². The van der Waals surface area contributed by atoms with Crippen LogP contribution in [0.3, 0.4) is 0 Å². The molecule has 5 rings (SSSR count). The molecule has 1 aromatic heterocycles. The lowest BCUT2D eigenvalue weighted by atomic mass is 10.0. The first kappa shape index (κ1) is 23.5. The molecule has 1 amide bonds. The molecule has 36 heavy (non-hydrogen) atoms. The van der Waals surface area contributed by atoms with Crippen LogP contribution in [0.5, 0.6) is 5.75 Å². The van der Waals surface area contributed by atoms with Crippen LogP contribution in [0.2, 0.25) is 5.02 Å². The first-order valence-electron chi connectivity index (χ1n) is 11.0. The van der Waals surface area contributed by atoms with Crippen molar-refractivity contribution in [2.24, 2.45) is 0 Å². The molecule has 5 aromatic rings. The molecule has 0 aliphatic rings. The Balaban J connectivity index is 1.30. The lowest BCUT2D eigenvalue weighted by Gasteiger charge is -2.12. The molecule has 0 spiro atoms. The van der Waals surface area contributed by atoms with Gasteiger partial charge in [0.1, 0.15) is 11.3 Å². The summed E-state index contributed by atoms with van der Waals surface area (Å²) in [4.78, 5) is 17.3. The highest BCUT2D eigenvalue weighted by molar-refractivity contribution is 7.80. The maximum absolute atomic E-state index is 12.7. The molecule has 0 fully saturated rings. The van der Waals surface area contributed by atoms with E-state index in [4.69, 9.17) is 33.0 Å². The van der Waals surface area contributed by atoms with Gasteiger partial charge in [-0.2, -0.15) is 0 Å². The number of hydrogen-bond acceptors (Lipinski definition) is 5. The average Bonchev–Trinajstić information content (AvgIpc) is 3.32. The number of halogens is 1. The van der Waals surface area contributed by atoms with Crippen molar-refractivity contribution in [2.45, 2.75) is 0 Å². The van der Waals surface area contributed by atoms with Crippen LogP contribution in [0.4, 0.5) is 5.69 Å². The number of aromatic nitrogens is 1. The molecule has 178 valence electrons. The van der Waals surface area contributed by atoms with E-state index in [1.165, 1.54) is 13.2 Å².